The van der Waals surface area contributed by atoms with Gasteiger partial charge in [-0.2, -0.15) is 0 Å². The van der Waals surface area contributed by atoms with Gasteiger partial charge in [0.2, 0.25) is 0 Å². The second-order valence-corrected chi connectivity index (χ2v) is 5.31. The molecule has 3 aromatic rings. The minimum Gasteiger partial charge on any atom is -0.505 e. The summed E-state index contributed by atoms with van der Waals surface area (Å²) in [5.41, 5.74) is -0.0247. The van der Waals surface area contributed by atoms with Gasteiger partial charge >= 0.3 is 16.8 Å². The van der Waals surface area contributed by atoms with Gasteiger partial charge in [-0.3, -0.25) is 10.1 Å². The molecular weight excluding hydrogens is 393 g/mol. The van der Waals surface area contributed by atoms with Crippen LogP contribution in [-0.4, -0.2) is 15.1 Å². The molecule has 0 bridgehead atoms. The molecule has 3 aromatic carbocycles. The molecule has 9 heteroatoms. The van der Waals surface area contributed by atoms with Crippen molar-refractivity contribution in [2.45, 2.75) is 0 Å². The van der Waals surface area contributed by atoms with Gasteiger partial charge in [0.15, 0.2) is 5.75 Å². The van der Waals surface area contributed by atoms with Crippen molar-refractivity contribution in [1.29, 1.82) is 0 Å². The van der Waals surface area contributed by atoms with Crippen LogP contribution in [0.25, 0.3) is 10.8 Å². The largest absolute Gasteiger partial charge is 2.00 e. The Morgan fingerprint density at radius 1 is 0.960 bits per heavy atom. The first-order valence-corrected chi connectivity index (χ1v) is 7.14. The van der Waals surface area contributed by atoms with E-state index >= 15 is 0 Å². The Labute approximate surface area is 156 Å². The summed E-state index contributed by atoms with van der Waals surface area (Å²) in [6.07, 6.45) is 0. The van der Waals surface area contributed by atoms with Crippen LogP contribution < -0.4 is 0 Å². The molecule has 0 saturated heterocycles. The van der Waals surface area contributed by atoms with E-state index in [-0.39, 0.29) is 45.3 Å². The van der Waals surface area contributed by atoms with Crippen molar-refractivity contribution in [3.63, 3.8) is 0 Å². The maximum absolute atomic E-state index is 10.6. The molecule has 0 spiro atoms. The van der Waals surface area contributed by atoms with Crippen molar-refractivity contribution < 1.29 is 31.9 Å². The van der Waals surface area contributed by atoms with Crippen LogP contribution in [0.5, 0.6) is 11.5 Å². The van der Waals surface area contributed by atoms with Crippen molar-refractivity contribution in [3.8, 4) is 11.5 Å². The topological polar surface area (TPSA) is 108 Å². The van der Waals surface area contributed by atoms with Gasteiger partial charge in [-0.15, -0.1) is 10.2 Å². The van der Waals surface area contributed by atoms with Crippen molar-refractivity contribution in [2.75, 3.05) is 0 Å². The summed E-state index contributed by atoms with van der Waals surface area (Å²) in [5, 5.41) is 40.1. The Kier molecular flexibility index (Phi) is 5.57. The van der Waals surface area contributed by atoms with E-state index < -0.39 is 4.92 Å². The molecule has 0 atom stereocenters. The second-order valence-electron chi connectivity index (χ2n) is 4.90. The molecule has 0 aromatic heterocycles. The predicted octanol–water partition coefficient (Wildman–Crippen LogP) is 5.23. The summed E-state index contributed by atoms with van der Waals surface area (Å²) in [7, 11) is 0. The molecule has 0 amide bonds. The van der Waals surface area contributed by atoms with Gasteiger partial charge in [0.1, 0.15) is 17.1 Å². The fourth-order valence-corrected chi connectivity index (χ4v) is 2.43. The maximum atomic E-state index is 10.6. The number of rotatable bonds is 3. The van der Waals surface area contributed by atoms with E-state index in [4.69, 9.17) is 11.6 Å². The summed E-state index contributed by atoms with van der Waals surface area (Å²) >= 11 is 6.06. The van der Waals surface area contributed by atoms with E-state index in [0.717, 1.165) is 6.07 Å². The number of nitro benzene ring substituents is 1. The van der Waals surface area contributed by atoms with Gasteiger partial charge in [0.25, 0.3) is 5.69 Å². The molecule has 0 aliphatic carbocycles. The van der Waals surface area contributed by atoms with Crippen LogP contribution in [0, 0.1) is 10.1 Å². The average Bonchev–Trinajstić information content (AvgIpc) is 2.56. The van der Waals surface area contributed by atoms with Crippen LogP contribution in [0.3, 0.4) is 0 Å². The second kappa shape index (κ2) is 7.47. The quantitative estimate of drug-likeness (QED) is 0.355. The molecule has 25 heavy (non-hydrogen) atoms. The number of fused-ring (bicyclic) bond motifs is 1. The molecule has 0 heterocycles. The van der Waals surface area contributed by atoms with Gasteiger partial charge in [-0.1, -0.05) is 29.8 Å². The first-order chi connectivity index (χ1) is 11.5. The molecule has 2 N–H and O–H groups in total. The molecule has 0 fully saturated rings. The number of non-ortho nitro benzene ring substituents is 1. The number of hydrogen-bond donors (Lipinski definition) is 2. The van der Waals surface area contributed by atoms with E-state index in [1.165, 1.54) is 18.2 Å². The third kappa shape index (κ3) is 3.71. The standard InChI is InChI=1S/C16H10ClN3O4.Co/c17-12-3-1-2-11-10(12)5-7-14(16(11)22)19-18-13-6-4-9(20(23)24)8-15(13)21;/h1-8,21-22H;/q;+2. The molecule has 1 radical (unpaired) electrons. The Bertz CT molecular complexity index is 995. The van der Waals surface area contributed by atoms with Gasteiger partial charge in [0, 0.05) is 21.9 Å². The number of hydrogen-bond acceptors (Lipinski definition) is 6. The zero-order valence-corrected chi connectivity index (χ0v) is 14.2. The first-order valence-electron chi connectivity index (χ1n) is 6.76. The van der Waals surface area contributed by atoms with Crippen molar-refractivity contribution in [3.05, 3.63) is 63.7 Å². The van der Waals surface area contributed by atoms with Gasteiger partial charge in [-0.25, -0.2) is 0 Å². The van der Waals surface area contributed by atoms with Gasteiger partial charge < -0.3 is 10.2 Å². The van der Waals surface area contributed by atoms with Crippen LogP contribution in [0.15, 0.2) is 58.8 Å². The van der Waals surface area contributed by atoms with Crippen LogP contribution in [0.2, 0.25) is 5.02 Å². The van der Waals surface area contributed by atoms with Crippen LogP contribution in [0.4, 0.5) is 17.1 Å². The number of aromatic hydroxyl groups is 2. The summed E-state index contributed by atoms with van der Waals surface area (Å²) in [4.78, 5) is 10.0. The van der Waals surface area contributed by atoms with E-state index in [9.17, 15) is 20.3 Å². The predicted molar refractivity (Wildman–Crippen MR) is 89.6 cm³/mol. The number of nitro groups is 1. The number of benzene rings is 3. The van der Waals surface area contributed by atoms with Gasteiger partial charge in [-0.05, 0) is 18.2 Å². The summed E-state index contributed by atoms with van der Waals surface area (Å²) in [6, 6.07) is 11.8. The number of phenols is 2. The zero-order valence-electron chi connectivity index (χ0n) is 12.4. The number of nitrogens with zero attached hydrogens (tertiary/aromatic N) is 3. The van der Waals surface area contributed by atoms with Gasteiger partial charge in [0.05, 0.1) is 11.0 Å². The fourth-order valence-electron chi connectivity index (χ4n) is 2.19. The third-order valence-electron chi connectivity index (χ3n) is 3.39. The van der Waals surface area contributed by atoms with E-state index in [2.05, 4.69) is 10.2 Å². The minimum atomic E-state index is -0.625. The Hall–Kier alpha value is -2.68. The molecule has 127 valence electrons. The van der Waals surface area contributed by atoms with E-state index in [1.54, 1.807) is 24.3 Å². The average molecular weight is 403 g/mol. The SMILES string of the molecule is O=[N+]([O-])c1ccc(N=Nc2ccc3c(Cl)cccc3c2O)c(O)c1.[Co+2]. The number of phenolic OH excluding ortho intramolecular Hbond substituents is 2. The molecule has 0 aliphatic heterocycles. The van der Waals surface area contributed by atoms with Crippen molar-refractivity contribution >= 4 is 39.4 Å². The first kappa shape index (κ1) is 18.7. The molecule has 0 unspecified atom stereocenters. The number of halogens is 1. The molecule has 0 aliphatic rings. The van der Waals surface area contributed by atoms with Crippen molar-refractivity contribution in [2.24, 2.45) is 10.2 Å². The van der Waals surface area contributed by atoms with Crippen LogP contribution in [-0.2, 0) is 16.8 Å². The summed E-state index contributed by atoms with van der Waals surface area (Å²) < 4.78 is 0. The van der Waals surface area contributed by atoms with E-state index in [1.807, 2.05) is 0 Å². The molecule has 3 rings (SSSR count). The minimum absolute atomic E-state index is 0. The molecule has 0 saturated carbocycles. The fraction of sp³-hybridized carbons (Fsp3) is 0. The maximum Gasteiger partial charge on any atom is 2.00 e. The molecule has 7 nitrogen and oxygen atoms in total. The Morgan fingerprint density at radius 3 is 2.32 bits per heavy atom. The van der Waals surface area contributed by atoms with E-state index in [0.29, 0.717) is 15.8 Å². The van der Waals surface area contributed by atoms with Crippen LogP contribution >= 0.6 is 11.6 Å². The Balaban J connectivity index is 0.00000225. The van der Waals surface area contributed by atoms with Crippen molar-refractivity contribution in [1.82, 2.24) is 0 Å². The molecular formula is C16H10ClCoN3O4+2. The summed E-state index contributed by atoms with van der Waals surface area (Å²) in [6.45, 7) is 0. The third-order valence-corrected chi connectivity index (χ3v) is 3.72. The number of azo groups is 1. The normalized spacial score (nSPS) is 10.8. The monoisotopic (exact) mass is 402 g/mol. The zero-order chi connectivity index (χ0) is 17.3. The summed E-state index contributed by atoms with van der Waals surface area (Å²) in [5.74, 6) is -0.476. The smallest absolute Gasteiger partial charge is 0.505 e. The Morgan fingerprint density at radius 2 is 1.64 bits per heavy atom. The van der Waals surface area contributed by atoms with Crippen LogP contribution in [0.1, 0.15) is 0 Å².